The van der Waals surface area contributed by atoms with Crippen LogP contribution in [-0.4, -0.2) is 28.0 Å². The molecule has 3 aliphatic rings. The van der Waals surface area contributed by atoms with E-state index in [4.69, 9.17) is 0 Å². The van der Waals surface area contributed by atoms with E-state index in [2.05, 4.69) is 17.2 Å². The second-order valence-electron chi connectivity index (χ2n) is 7.04. The fourth-order valence-corrected chi connectivity index (χ4v) is 4.05. The average molecular weight is 343 g/mol. The maximum absolute atomic E-state index is 14.1. The van der Waals surface area contributed by atoms with E-state index in [9.17, 15) is 13.6 Å². The molecule has 6 heteroatoms. The average Bonchev–Trinajstić information content (AvgIpc) is 2.56. The van der Waals surface area contributed by atoms with Crippen molar-refractivity contribution in [3.8, 4) is 11.1 Å². The summed E-state index contributed by atoms with van der Waals surface area (Å²) in [4.78, 5) is 18.2. The molecular formula is C19H19F2N3O. The Kier molecular flexibility index (Phi) is 3.90. The van der Waals surface area contributed by atoms with Gasteiger partial charge in [-0.25, -0.2) is 13.6 Å². The van der Waals surface area contributed by atoms with Crippen LogP contribution in [0.4, 0.5) is 19.3 Å². The van der Waals surface area contributed by atoms with Gasteiger partial charge in [-0.3, -0.25) is 4.98 Å². The minimum atomic E-state index is -0.533. The molecule has 2 aliphatic heterocycles. The third kappa shape index (κ3) is 2.97. The number of nitrogens with one attached hydrogen (secondary N) is 1. The van der Waals surface area contributed by atoms with Crippen molar-refractivity contribution in [2.24, 2.45) is 5.92 Å². The number of amides is 2. The van der Waals surface area contributed by atoms with Crippen LogP contribution >= 0.6 is 0 Å². The molecule has 5 rings (SSSR count). The van der Waals surface area contributed by atoms with Crippen molar-refractivity contribution in [1.29, 1.82) is 0 Å². The molecule has 3 fully saturated rings. The Labute approximate surface area is 144 Å². The van der Waals surface area contributed by atoms with Crippen LogP contribution in [0, 0.1) is 17.6 Å². The number of anilines is 1. The number of carbonyl (C=O) groups excluding carboxylic acids is 1. The Morgan fingerprint density at radius 2 is 1.92 bits per heavy atom. The van der Waals surface area contributed by atoms with Gasteiger partial charge in [-0.05, 0) is 49.4 Å². The lowest BCUT2D eigenvalue weighted by Crippen LogP contribution is -2.63. The summed E-state index contributed by atoms with van der Waals surface area (Å²) in [6.07, 6.45) is 5.60. The molecule has 2 saturated heterocycles. The van der Waals surface area contributed by atoms with E-state index in [0.29, 0.717) is 29.3 Å². The Morgan fingerprint density at radius 3 is 2.64 bits per heavy atom. The van der Waals surface area contributed by atoms with Crippen molar-refractivity contribution in [3.05, 3.63) is 48.3 Å². The van der Waals surface area contributed by atoms with E-state index >= 15 is 0 Å². The number of aromatic nitrogens is 1. The van der Waals surface area contributed by atoms with Crippen LogP contribution in [0.5, 0.6) is 0 Å². The highest BCUT2D eigenvalue weighted by Crippen LogP contribution is 2.41. The molecule has 1 aliphatic carbocycles. The Hall–Kier alpha value is -2.50. The number of halogens is 2. The number of piperidine rings is 1. The van der Waals surface area contributed by atoms with E-state index in [1.165, 1.54) is 30.5 Å². The lowest BCUT2D eigenvalue weighted by molar-refractivity contribution is -0.00601. The van der Waals surface area contributed by atoms with Gasteiger partial charge in [0.2, 0.25) is 0 Å². The number of carbonyl (C=O) groups is 1. The maximum atomic E-state index is 14.1. The number of hydrogen-bond acceptors (Lipinski definition) is 2. The predicted octanol–water partition coefficient (Wildman–Crippen LogP) is 4.43. The van der Waals surface area contributed by atoms with Crippen molar-refractivity contribution < 1.29 is 13.6 Å². The number of pyridine rings is 1. The molecule has 1 aromatic heterocycles. The summed E-state index contributed by atoms with van der Waals surface area (Å²) in [6.45, 7) is 2.22. The molecule has 3 atom stereocenters. The van der Waals surface area contributed by atoms with E-state index < -0.39 is 11.6 Å². The van der Waals surface area contributed by atoms with E-state index in [-0.39, 0.29) is 11.6 Å². The van der Waals surface area contributed by atoms with Crippen LogP contribution in [0.1, 0.15) is 26.2 Å². The van der Waals surface area contributed by atoms with Gasteiger partial charge in [-0.2, -0.15) is 0 Å². The number of hydrogen-bond donors (Lipinski definition) is 1. The summed E-state index contributed by atoms with van der Waals surface area (Å²) in [5, 5.41) is 2.85. The minimum Gasteiger partial charge on any atom is -0.318 e. The van der Waals surface area contributed by atoms with Gasteiger partial charge in [-0.15, -0.1) is 0 Å². The number of nitrogens with zero attached hydrogens (tertiary/aromatic N) is 2. The van der Waals surface area contributed by atoms with Gasteiger partial charge < -0.3 is 10.2 Å². The molecule has 4 nitrogen and oxygen atoms in total. The standard InChI is InChI=1S/C19H19F2N3O/c1-11-4-15-8-16(5-11)24(15)19(25)23-14-2-3-18(21)17(7-14)12-6-13(20)10-22-9-12/h2-3,6-7,9-11,15-16H,4-5,8H2,1H3,(H,23,25)/t11?,15-,16?/m1/s1. The highest BCUT2D eigenvalue weighted by Gasteiger charge is 2.46. The molecule has 2 unspecified atom stereocenters. The molecule has 130 valence electrons. The first kappa shape index (κ1) is 16.0. The zero-order valence-corrected chi connectivity index (χ0v) is 13.9. The first-order valence-electron chi connectivity index (χ1n) is 8.51. The SMILES string of the molecule is CC1CC2C[C@@H](C1)N2C(=O)Nc1ccc(F)c(-c2cncc(F)c2)c1. The van der Waals surface area contributed by atoms with E-state index in [1.54, 1.807) is 0 Å². The van der Waals surface area contributed by atoms with Gasteiger partial charge in [0.15, 0.2) is 0 Å². The van der Waals surface area contributed by atoms with Crippen LogP contribution in [0.2, 0.25) is 0 Å². The van der Waals surface area contributed by atoms with Crippen LogP contribution in [0.25, 0.3) is 11.1 Å². The summed E-state index contributed by atoms with van der Waals surface area (Å²) >= 11 is 0. The summed E-state index contributed by atoms with van der Waals surface area (Å²) in [5.41, 5.74) is 1.04. The molecule has 0 radical (unpaired) electrons. The number of urea groups is 1. The van der Waals surface area contributed by atoms with Crippen molar-refractivity contribution in [2.45, 2.75) is 38.3 Å². The molecule has 0 spiro atoms. The molecule has 1 N–H and O–H groups in total. The van der Waals surface area contributed by atoms with Crippen molar-refractivity contribution in [2.75, 3.05) is 5.32 Å². The van der Waals surface area contributed by atoms with E-state index in [1.807, 2.05) is 4.90 Å². The Balaban J connectivity index is 1.54. The van der Waals surface area contributed by atoms with Crippen LogP contribution in [-0.2, 0) is 0 Å². The molecule has 2 aromatic rings. The second-order valence-corrected chi connectivity index (χ2v) is 7.04. The van der Waals surface area contributed by atoms with Crippen LogP contribution in [0.15, 0.2) is 36.7 Å². The second kappa shape index (κ2) is 6.10. The third-order valence-corrected chi connectivity index (χ3v) is 5.15. The smallest absolute Gasteiger partial charge is 0.318 e. The summed E-state index contributed by atoms with van der Waals surface area (Å²) in [5.74, 6) is -0.361. The van der Waals surface area contributed by atoms with Crippen LogP contribution in [0.3, 0.4) is 0 Å². The van der Waals surface area contributed by atoms with Gasteiger partial charge in [0.25, 0.3) is 0 Å². The molecule has 25 heavy (non-hydrogen) atoms. The fraction of sp³-hybridized carbons (Fsp3) is 0.368. The topological polar surface area (TPSA) is 45.2 Å². The van der Waals surface area contributed by atoms with Crippen molar-refractivity contribution in [3.63, 3.8) is 0 Å². The third-order valence-electron chi connectivity index (χ3n) is 5.15. The lowest BCUT2D eigenvalue weighted by atomic mass is 9.74. The van der Waals surface area contributed by atoms with Crippen molar-refractivity contribution >= 4 is 11.7 Å². The minimum absolute atomic E-state index is 0.150. The first-order chi connectivity index (χ1) is 12.0. The fourth-order valence-electron chi connectivity index (χ4n) is 4.05. The lowest BCUT2D eigenvalue weighted by Gasteiger charge is -2.54. The number of fused-ring (bicyclic) bond motifs is 2. The number of benzene rings is 1. The Bertz CT molecular complexity index is 814. The molecule has 2 amide bonds. The van der Waals surface area contributed by atoms with Crippen molar-refractivity contribution in [1.82, 2.24) is 9.88 Å². The quantitative estimate of drug-likeness (QED) is 0.877. The Morgan fingerprint density at radius 1 is 1.16 bits per heavy atom. The van der Waals surface area contributed by atoms with Gasteiger partial charge in [0.1, 0.15) is 11.6 Å². The first-order valence-corrected chi connectivity index (χ1v) is 8.51. The van der Waals surface area contributed by atoms with Gasteiger partial charge >= 0.3 is 6.03 Å². The molecular weight excluding hydrogens is 324 g/mol. The monoisotopic (exact) mass is 343 g/mol. The largest absolute Gasteiger partial charge is 0.322 e. The summed E-state index contributed by atoms with van der Waals surface area (Å²) in [7, 11) is 0. The predicted molar refractivity (Wildman–Crippen MR) is 91.0 cm³/mol. The summed E-state index contributed by atoms with van der Waals surface area (Å²) < 4.78 is 27.5. The molecule has 1 saturated carbocycles. The van der Waals surface area contributed by atoms with Gasteiger partial charge in [-0.1, -0.05) is 6.92 Å². The molecule has 3 heterocycles. The van der Waals surface area contributed by atoms with Crippen LogP contribution < -0.4 is 5.32 Å². The maximum Gasteiger partial charge on any atom is 0.322 e. The number of rotatable bonds is 2. The highest BCUT2D eigenvalue weighted by atomic mass is 19.1. The zero-order chi connectivity index (χ0) is 17.6. The van der Waals surface area contributed by atoms with E-state index in [0.717, 1.165) is 25.5 Å². The normalized spacial score (nSPS) is 24.6. The zero-order valence-electron chi connectivity index (χ0n) is 13.9. The highest BCUT2D eigenvalue weighted by molar-refractivity contribution is 5.91. The van der Waals surface area contributed by atoms with Gasteiger partial charge in [0, 0.05) is 35.1 Å². The molecule has 2 bridgehead atoms. The summed E-state index contributed by atoms with van der Waals surface area (Å²) in [6, 6.07) is 5.99. The van der Waals surface area contributed by atoms with Gasteiger partial charge in [0.05, 0.1) is 6.20 Å². The molecule has 1 aromatic carbocycles.